The zero-order valence-electron chi connectivity index (χ0n) is 7.96. The van der Waals surface area contributed by atoms with Gasteiger partial charge in [-0.25, -0.2) is 0 Å². The van der Waals surface area contributed by atoms with Crippen molar-refractivity contribution in [3.8, 4) is 0 Å². The molecule has 0 bridgehead atoms. The van der Waals surface area contributed by atoms with Crippen molar-refractivity contribution in [2.45, 2.75) is 13.0 Å². The maximum Gasteiger partial charge on any atom is 0.263 e. The quantitative estimate of drug-likeness (QED) is 0.757. The molecule has 2 nitrogen and oxygen atoms in total. The van der Waals surface area contributed by atoms with E-state index in [1.54, 1.807) is 24.1 Å². The molecule has 14 heavy (non-hydrogen) atoms. The van der Waals surface area contributed by atoms with Crippen LogP contribution in [0.1, 0.15) is 16.6 Å². The van der Waals surface area contributed by atoms with Crippen molar-refractivity contribution in [3.05, 3.63) is 21.3 Å². The molecule has 1 unspecified atom stereocenters. The third-order valence-electron chi connectivity index (χ3n) is 1.99. The van der Waals surface area contributed by atoms with E-state index >= 15 is 0 Å². The summed E-state index contributed by atoms with van der Waals surface area (Å²) >= 11 is 12.7. The minimum Gasteiger partial charge on any atom is -0.337 e. The topological polar surface area (TPSA) is 20.3 Å². The standard InChI is InChI=1S/C9H11Cl2NOS/c1-6(5-10)12(2)9(13)7-3-4-8(11)14-7/h3-4,6H,5H2,1-2H3. The van der Waals surface area contributed by atoms with Crippen molar-refractivity contribution in [1.29, 1.82) is 0 Å². The lowest BCUT2D eigenvalue weighted by Gasteiger charge is -2.22. The molecule has 0 saturated heterocycles. The first-order chi connectivity index (χ1) is 6.56. The molecule has 0 spiro atoms. The smallest absolute Gasteiger partial charge is 0.263 e. The van der Waals surface area contributed by atoms with Gasteiger partial charge in [-0.15, -0.1) is 22.9 Å². The molecule has 0 aliphatic rings. The SMILES string of the molecule is CC(CCl)N(C)C(=O)c1ccc(Cl)s1. The number of thiophene rings is 1. The van der Waals surface area contributed by atoms with Crippen LogP contribution < -0.4 is 0 Å². The summed E-state index contributed by atoms with van der Waals surface area (Å²) in [4.78, 5) is 14.0. The normalized spacial score (nSPS) is 12.6. The van der Waals surface area contributed by atoms with Gasteiger partial charge >= 0.3 is 0 Å². The fourth-order valence-corrected chi connectivity index (χ4v) is 2.14. The lowest BCUT2D eigenvalue weighted by atomic mass is 10.3. The van der Waals surface area contributed by atoms with Gasteiger partial charge in [-0.2, -0.15) is 0 Å². The van der Waals surface area contributed by atoms with E-state index in [9.17, 15) is 4.79 Å². The highest BCUT2D eigenvalue weighted by Gasteiger charge is 2.17. The number of halogens is 2. The zero-order chi connectivity index (χ0) is 10.7. The Kier molecular flexibility index (Phi) is 4.23. The Morgan fingerprint density at radius 2 is 2.29 bits per heavy atom. The zero-order valence-corrected chi connectivity index (χ0v) is 10.3. The molecule has 5 heteroatoms. The van der Waals surface area contributed by atoms with E-state index in [0.717, 1.165) is 0 Å². The summed E-state index contributed by atoms with van der Waals surface area (Å²) < 4.78 is 0.625. The number of hydrogen-bond acceptors (Lipinski definition) is 2. The molecule has 1 atom stereocenters. The molecule has 0 aliphatic carbocycles. The maximum absolute atomic E-state index is 11.8. The second-order valence-corrected chi connectivity index (χ2v) is 5.05. The van der Waals surface area contributed by atoms with Crippen LogP contribution in [0, 0.1) is 0 Å². The van der Waals surface area contributed by atoms with E-state index in [-0.39, 0.29) is 11.9 Å². The van der Waals surface area contributed by atoms with E-state index in [1.807, 2.05) is 6.92 Å². The number of nitrogens with zero attached hydrogens (tertiary/aromatic N) is 1. The molecule has 0 radical (unpaired) electrons. The molecule has 1 aromatic rings. The minimum absolute atomic E-state index is 0.0324. The lowest BCUT2D eigenvalue weighted by molar-refractivity contribution is 0.0761. The van der Waals surface area contributed by atoms with Crippen LogP contribution in [0.15, 0.2) is 12.1 Å². The molecule has 1 aromatic heterocycles. The minimum atomic E-state index is -0.0324. The van der Waals surface area contributed by atoms with Gasteiger partial charge in [0.25, 0.3) is 5.91 Å². The molecule has 0 saturated carbocycles. The predicted molar refractivity (Wildman–Crippen MR) is 61.6 cm³/mol. The highest BCUT2D eigenvalue weighted by Crippen LogP contribution is 2.22. The summed E-state index contributed by atoms with van der Waals surface area (Å²) in [6.07, 6.45) is 0. The summed E-state index contributed by atoms with van der Waals surface area (Å²) in [5.74, 6) is 0.400. The molecule has 1 heterocycles. The van der Waals surface area contributed by atoms with Gasteiger partial charge in [0.1, 0.15) is 0 Å². The van der Waals surface area contributed by atoms with Gasteiger partial charge in [0.05, 0.1) is 9.21 Å². The van der Waals surface area contributed by atoms with Crippen molar-refractivity contribution < 1.29 is 4.79 Å². The van der Waals surface area contributed by atoms with Crippen LogP contribution >= 0.6 is 34.5 Å². The van der Waals surface area contributed by atoms with Gasteiger partial charge in [-0.3, -0.25) is 4.79 Å². The molecule has 78 valence electrons. The van der Waals surface area contributed by atoms with Crippen LogP contribution in [-0.4, -0.2) is 29.8 Å². The van der Waals surface area contributed by atoms with Gasteiger partial charge in [0, 0.05) is 19.0 Å². The van der Waals surface area contributed by atoms with E-state index in [2.05, 4.69) is 0 Å². The fraction of sp³-hybridized carbons (Fsp3) is 0.444. The number of rotatable bonds is 3. The highest BCUT2D eigenvalue weighted by atomic mass is 35.5. The Labute approximate surface area is 97.4 Å². The van der Waals surface area contributed by atoms with Crippen molar-refractivity contribution in [2.75, 3.05) is 12.9 Å². The van der Waals surface area contributed by atoms with E-state index in [1.165, 1.54) is 11.3 Å². The summed E-state index contributed by atoms with van der Waals surface area (Å²) in [6.45, 7) is 1.90. The molecular formula is C9H11Cl2NOS. The van der Waals surface area contributed by atoms with E-state index in [4.69, 9.17) is 23.2 Å². The monoisotopic (exact) mass is 251 g/mol. The summed E-state index contributed by atoms with van der Waals surface area (Å²) in [7, 11) is 1.74. The Bertz CT molecular complexity index is 326. The van der Waals surface area contributed by atoms with Crippen molar-refractivity contribution in [3.63, 3.8) is 0 Å². The Hall–Kier alpha value is -0.250. The van der Waals surface area contributed by atoms with Crippen LogP contribution in [0.5, 0.6) is 0 Å². The molecule has 0 aromatic carbocycles. The van der Waals surface area contributed by atoms with E-state index < -0.39 is 0 Å². The van der Waals surface area contributed by atoms with E-state index in [0.29, 0.717) is 15.1 Å². The molecule has 0 aliphatic heterocycles. The molecule has 1 amide bonds. The first kappa shape index (κ1) is 11.8. The van der Waals surface area contributed by atoms with Crippen molar-refractivity contribution in [1.82, 2.24) is 4.90 Å². The third-order valence-corrected chi connectivity index (χ3v) is 3.65. The van der Waals surface area contributed by atoms with Gasteiger partial charge < -0.3 is 4.90 Å². The van der Waals surface area contributed by atoms with Gasteiger partial charge in [-0.05, 0) is 19.1 Å². The third kappa shape index (κ3) is 2.62. The molecular weight excluding hydrogens is 241 g/mol. The van der Waals surface area contributed by atoms with Crippen LogP contribution in [0.4, 0.5) is 0 Å². The van der Waals surface area contributed by atoms with Gasteiger partial charge in [-0.1, -0.05) is 11.6 Å². The summed E-state index contributed by atoms with van der Waals surface area (Å²) in [5.41, 5.74) is 0. The average Bonchev–Trinajstić information content (AvgIpc) is 2.61. The lowest BCUT2D eigenvalue weighted by Crippen LogP contribution is -2.35. The molecule has 1 rings (SSSR count). The second-order valence-electron chi connectivity index (χ2n) is 3.02. The van der Waals surface area contributed by atoms with Crippen LogP contribution in [0.3, 0.4) is 0 Å². The van der Waals surface area contributed by atoms with Crippen molar-refractivity contribution in [2.24, 2.45) is 0 Å². The Morgan fingerprint density at radius 3 is 2.71 bits per heavy atom. The van der Waals surface area contributed by atoms with Crippen LogP contribution in [-0.2, 0) is 0 Å². The first-order valence-corrected chi connectivity index (χ1v) is 5.87. The second kappa shape index (κ2) is 5.01. The number of hydrogen-bond donors (Lipinski definition) is 0. The number of carbonyl (C=O) groups is 1. The predicted octanol–water partition coefficient (Wildman–Crippen LogP) is 3.10. The Balaban J connectivity index is 2.75. The van der Waals surface area contributed by atoms with Crippen molar-refractivity contribution >= 4 is 40.4 Å². The van der Waals surface area contributed by atoms with Crippen LogP contribution in [0.2, 0.25) is 4.34 Å². The molecule has 0 N–H and O–H groups in total. The largest absolute Gasteiger partial charge is 0.337 e. The number of amides is 1. The fourth-order valence-electron chi connectivity index (χ4n) is 0.907. The average molecular weight is 252 g/mol. The Morgan fingerprint density at radius 1 is 1.64 bits per heavy atom. The summed E-state index contributed by atoms with van der Waals surface area (Å²) in [6, 6.07) is 3.48. The maximum atomic E-state index is 11.8. The summed E-state index contributed by atoms with van der Waals surface area (Å²) in [5, 5.41) is 0. The number of carbonyl (C=O) groups excluding carboxylic acids is 1. The molecule has 0 fully saturated rings. The first-order valence-electron chi connectivity index (χ1n) is 4.14. The number of alkyl halides is 1. The van der Waals surface area contributed by atoms with Crippen LogP contribution in [0.25, 0.3) is 0 Å². The highest BCUT2D eigenvalue weighted by molar-refractivity contribution is 7.17. The van der Waals surface area contributed by atoms with Gasteiger partial charge in [0.2, 0.25) is 0 Å². The van der Waals surface area contributed by atoms with Gasteiger partial charge in [0.15, 0.2) is 0 Å².